The van der Waals surface area contributed by atoms with Gasteiger partial charge in [-0.1, -0.05) is 24.3 Å². The van der Waals surface area contributed by atoms with E-state index in [9.17, 15) is 4.79 Å². The second-order valence-electron chi connectivity index (χ2n) is 5.96. The van der Waals surface area contributed by atoms with Gasteiger partial charge in [-0.2, -0.15) is 9.78 Å². The maximum Gasteiger partial charge on any atom is 0.279 e. The molecule has 26 heavy (non-hydrogen) atoms. The van der Waals surface area contributed by atoms with Crippen LogP contribution in [0.4, 0.5) is 0 Å². The summed E-state index contributed by atoms with van der Waals surface area (Å²) in [7, 11) is 0. The molecule has 0 saturated carbocycles. The normalized spacial score (nSPS) is 10.7. The largest absolute Gasteiger partial charge is 0.279 e. The number of hydrogen-bond acceptors (Lipinski definition) is 4. The lowest BCUT2D eigenvalue weighted by Gasteiger charge is -2.11. The first-order chi connectivity index (χ1) is 12.7. The summed E-state index contributed by atoms with van der Waals surface area (Å²) in [6.45, 7) is 1.99. The minimum absolute atomic E-state index is 0.191. The average Bonchev–Trinajstić information content (AvgIpc) is 2.69. The molecule has 4 rings (SSSR count). The summed E-state index contributed by atoms with van der Waals surface area (Å²) < 4.78 is 1.43. The van der Waals surface area contributed by atoms with Crippen molar-refractivity contribution in [1.82, 2.24) is 19.7 Å². The average molecular weight is 340 g/mol. The lowest BCUT2D eigenvalue weighted by Crippen LogP contribution is -2.23. The van der Waals surface area contributed by atoms with Gasteiger partial charge in [-0.25, -0.2) is 0 Å². The second kappa shape index (κ2) is 6.72. The van der Waals surface area contributed by atoms with Crippen LogP contribution in [-0.2, 0) is 0 Å². The first-order valence-electron chi connectivity index (χ1n) is 8.25. The summed E-state index contributed by atoms with van der Waals surface area (Å²) in [5, 5.41) is 4.56. The molecule has 126 valence electrons. The number of rotatable bonds is 3. The first-order valence-corrected chi connectivity index (χ1v) is 8.25. The van der Waals surface area contributed by atoms with Gasteiger partial charge in [0.2, 0.25) is 0 Å². The SMILES string of the molecule is Cc1cccc(-n2nc(-c3ccccn3)cc(-c3cccnc3)c2=O)c1. The molecule has 0 bridgehead atoms. The van der Waals surface area contributed by atoms with Crippen molar-refractivity contribution in [1.29, 1.82) is 0 Å². The minimum atomic E-state index is -0.191. The lowest BCUT2D eigenvalue weighted by molar-refractivity contribution is 0.812. The van der Waals surface area contributed by atoms with Crippen molar-refractivity contribution in [3.63, 3.8) is 0 Å². The van der Waals surface area contributed by atoms with Crippen LogP contribution in [0.25, 0.3) is 28.2 Å². The lowest BCUT2D eigenvalue weighted by atomic mass is 10.1. The number of nitrogens with zero attached hydrogens (tertiary/aromatic N) is 4. The second-order valence-corrected chi connectivity index (χ2v) is 5.96. The Hall–Kier alpha value is -3.60. The minimum Gasteiger partial charge on any atom is -0.267 e. The van der Waals surface area contributed by atoms with Gasteiger partial charge in [0.15, 0.2) is 0 Å². The Labute approximate surface area is 150 Å². The molecule has 3 aromatic heterocycles. The Kier molecular flexibility index (Phi) is 4.11. The van der Waals surface area contributed by atoms with Crippen molar-refractivity contribution in [2.45, 2.75) is 6.92 Å². The van der Waals surface area contributed by atoms with Crippen molar-refractivity contribution in [3.8, 4) is 28.2 Å². The molecule has 3 heterocycles. The number of aromatic nitrogens is 4. The molecular formula is C21H16N4O. The molecule has 0 aliphatic rings. The third-order valence-electron chi connectivity index (χ3n) is 4.06. The van der Waals surface area contributed by atoms with Gasteiger partial charge in [0.1, 0.15) is 5.69 Å². The predicted octanol–water partition coefficient (Wildman–Crippen LogP) is 3.66. The molecule has 0 fully saturated rings. The molecule has 0 radical (unpaired) electrons. The van der Waals surface area contributed by atoms with Crippen molar-refractivity contribution in [3.05, 3.63) is 95.2 Å². The van der Waals surface area contributed by atoms with Gasteiger partial charge in [-0.05, 0) is 48.9 Å². The number of pyridine rings is 2. The molecule has 0 atom stereocenters. The number of aryl methyl sites for hydroxylation is 1. The molecule has 1 aromatic carbocycles. The van der Waals surface area contributed by atoms with Gasteiger partial charge in [0.25, 0.3) is 5.56 Å². The molecule has 0 saturated heterocycles. The molecule has 0 aliphatic heterocycles. The van der Waals surface area contributed by atoms with E-state index >= 15 is 0 Å². The first kappa shape index (κ1) is 15.9. The van der Waals surface area contributed by atoms with Crippen LogP contribution in [0.2, 0.25) is 0 Å². The van der Waals surface area contributed by atoms with Crippen LogP contribution in [0.5, 0.6) is 0 Å². The topological polar surface area (TPSA) is 60.7 Å². The fraction of sp³-hybridized carbons (Fsp3) is 0.0476. The molecule has 5 nitrogen and oxygen atoms in total. The summed E-state index contributed by atoms with van der Waals surface area (Å²) in [6, 6.07) is 18.8. The Balaban J connectivity index is 2.01. The summed E-state index contributed by atoms with van der Waals surface area (Å²) in [4.78, 5) is 21.6. The highest BCUT2D eigenvalue weighted by Crippen LogP contribution is 2.21. The zero-order valence-corrected chi connectivity index (χ0v) is 14.2. The smallest absolute Gasteiger partial charge is 0.267 e. The Morgan fingerprint density at radius 1 is 0.885 bits per heavy atom. The molecule has 0 amide bonds. The Morgan fingerprint density at radius 3 is 2.54 bits per heavy atom. The molecule has 0 N–H and O–H groups in total. The van der Waals surface area contributed by atoms with Crippen molar-refractivity contribution in [2.75, 3.05) is 0 Å². The summed E-state index contributed by atoms with van der Waals surface area (Å²) in [5.74, 6) is 0. The van der Waals surface area contributed by atoms with E-state index in [1.54, 1.807) is 24.7 Å². The maximum absolute atomic E-state index is 13.1. The Morgan fingerprint density at radius 2 is 1.81 bits per heavy atom. The van der Waals surface area contributed by atoms with E-state index in [0.29, 0.717) is 17.0 Å². The molecule has 5 heteroatoms. The van der Waals surface area contributed by atoms with Crippen LogP contribution in [0.15, 0.2) is 84.0 Å². The molecule has 4 aromatic rings. The third kappa shape index (κ3) is 3.02. The van der Waals surface area contributed by atoms with E-state index < -0.39 is 0 Å². The van der Waals surface area contributed by atoms with Gasteiger partial charge in [0.05, 0.1) is 16.9 Å². The highest BCUT2D eigenvalue weighted by molar-refractivity contribution is 5.67. The van der Waals surface area contributed by atoms with E-state index in [4.69, 9.17) is 0 Å². The van der Waals surface area contributed by atoms with Crippen LogP contribution in [0.3, 0.4) is 0 Å². The fourth-order valence-electron chi connectivity index (χ4n) is 2.80. The zero-order chi connectivity index (χ0) is 17.9. The predicted molar refractivity (Wildman–Crippen MR) is 101 cm³/mol. The molecule has 0 spiro atoms. The Bertz CT molecular complexity index is 1110. The highest BCUT2D eigenvalue weighted by atomic mass is 16.1. The van der Waals surface area contributed by atoms with Gasteiger partial charge in [0, 0.05) is 24.2 Å². The number of hydrogen-bond donors (Lipinski definition) is 0. The van der Waals surface area contributed by atoms with Gasteiger partial charge in [-0.3, -0.25) is 14.8 Å². The van der Waals surface area contributed by atoms with E-state index in [0.717, 1.165) is 16.8 Å². The van der Waals surface area contributed by atoms with Crippen molar-refractivity contribution >= 4 is 0 Å². The van der Waals surface area contributed by atoms with Crippen LogP contribution < -0.4 is 5.56 Å². The third-order valence-corrected chi connectivity index (χ3v) is 4.06. The molecule has 0 unspecified atom stereocenters. The standard InChI is InChI=1S/C21H16N4O/c1-15-6-4-8-17(12-15)25-21(26)18(16-7-5-10-22-14-16)13-20(24-25)19-9-2-3-11-23-19/h2-14H,1H3. The van der Waals surface area contributed by atoms with Crippen LogP contribution in [0.1, 0.15) is 5.56 Å². The van der Waals surface area contributed by atoms with E-state index in [-0.39, 0.29) is 5.56 Å². The summed E-state index contributed by atoms with van der Waals surface area (Å²) in [5.41, 5.74) is 4.21. The monoisotopic (exact) mass is 340 g/mol. The van der Waals surface area contributed by atoms with Gasteiger partial charge in [-0.15, -0.1) is 0 Å². The molecule has 0 aliphatic carbocycles. The quantitative estimate of drug-likeness (QED) is 0.571. The van der Waals surface area contributed by atoms with Gasteiger partial charge >= 0.3 is 0 Å². The van der Waals surface area contributed by atoms with Gasteiger partial charge < -0.3 is 0 Å². The maximum atomic E-state index is 13.1. The van der Waals surface area contributed by atoms with Crippen LogP contribution in [0, 0.1) is 6.92 Å². The van der Waals surface area contributed by atoms with E-state index in [2.05, 4.69) is 15.1 Å². The fourth-order valence-corrected chi connectivity index (χ4v) is 2.80. The number of benzene rings is 1. The zero-order valence-electron chi connectivity index (χ0n) is 14.2. The van der Waals surface area contributed by atoms with Crippen molar-refractivity contribution in [2.24, 2.45) is 0 Å². The summed E-state index contributed by atoms with van der Waals surface area (Å²) in [6.07, 6.45) is 5.08. The van der Waals surface area contributed by atoms with E-state index in [1.165, 1.54) is 4.68 Å². The summed E-state index contributed by atoms with van der Waals surface area (Å²) >= 11 is 0. The van der Waals surface area contributed by atoms with Crippen LogP contribution in [-0.4, -0.2) is 19.7 Å². The highest BCUT2D eigenvalue weighted by Gasteiger charge is 2.14. The van der Waals surface area contributed by atoms with E-state index in [1.807, 2.05) is 61.5 Å². The van der Waals surface area contributed by atoms with Crippen LogP contribution >= 0.6 is 0 Å². The van der Waals surface area contributed by atoms with Crippen molar-refractivity contribution < 1.29 is 0 Å². The molecular weight excluding hydrogens is 324 g/mol.